The number of methoxy groups -OCH3 is 2. The van der Waals surface area contributed by atoms with E-state index in [1.165, 1.54) is 0 Å². The summed E-state index contributed by atoms with van der Waals surface area (Å²) in [7, 11) is 4.96. The number of thiocarbonyl (C=S) groups is 1. The first-order valence-corrected chi connectivity index (χ1v) is 10.1. The van der Waals surface area contributed by atoms with E-state index >= 15 is 0 Å². The Hall–Kier alpha value is -2.58. The molecule has 2 N–H and O–H groups in total. The highest BCUT2D eigenvalue weighted by Crippen LogP contribution is 2.36. The number of rotatable bonds is 5. The van der Waals surface area contributed by atoms with Crippen molar-refractivity contribution in [2.75, 3.05) is 26.6 Å². The predicted octanol–water partition coefficient (Wildman–Crippen LogP) is 4.24. The molecule has 1 amide bonds. The Morgan fingerprint density at radius 3 is 2.59 bits per heavy atom. The molecule has 2 aromatic rings. The Labute approximate surface area is 184 Å². The zero-order valence-corrected chi connectivity index (χ0v) is 19.0. The van der Waals surface area contributed by atoms with Crippen LogP contribution in [0.15, 0.2) is 58.2 Å². The molecule has 2 aromatic carbocycles. The third-order valence-corrected chi connectivity index (χ3v) is 5.98. The fourth-order valence-corrected chi connectivity index (χ4v) is 3.94. The lowest BCUT2D eigenvalue weighted by atomic mass is 9.94. The lowest BCUT2D eigenvalue weighted by molar-refractivity contribution is -0.113. The van der Waals surface area contributed by atoms with Crippen molar-refractivity contribution in [1.29, 1.82) is 0 Å². The van der Waals surface area contributed by atoms with Crippen molar-refractivity contribution in [2.24, 2.45) is 0 Å². The molecule has 1 unspecified atom stereocenters. The summed E-state index contributed by atoms with van der Waals surface area (Å²) in [5, 5.41) is 6.79. The Morgan fingerprint density at radius 2 is 1.93 bits per heavy atom. The average molecular weight is 476 g/mol. The molecule has 1 heterocycles. The molecule has 0 aromatic heterocycles. The number of hydrogen-bond donors (Lipinski definition) is 2. The van der Waals surface area contributed by atoms with E-state index in [2.05, 4.69) is 26.6 Å². The van der Waals surface area contributed by atoms with Gasteiger partial charge in [-0.1, -0.05) is 34.1 Å². The highest BCUT2D eigenvalue weighted by atomic mass is 79.9. The summed E-state index contributed by atoms with van der Waals surface area (Å²) in [6.07, 6.45) is 0. The molecule has 3 rings (SSSR count). The van der Waals surface area contributed by atoms with Crippen LogP contribution in [0.2, 0.25) is 0 Å². The second-order valence-electron chi connectivity index (χ2n) is 6.48. The van der Waals surface area contributed by atoms with Gasteiger partial charge in [0.25, 0.3) is 5.91 Å². The van der Waals surface area contributed by atoms with Gasteiger partial charge in [-0.3, -0.25) is 4.79 Å². The number of carbonyl (C=O) groups is 1. The largest absolute Gasteiger partial charge is 0.497 e. The number of amides is 1. The number of carbonyl (C=O) groups excluding carboxylic acids is 1. The van der Waals surface area contributed by atoms with Crippen molar-refractivity contribution in [1.82, 2.24) is 10.2 Å². The summed E-state index contributed by atoms with van der Waals surface area (Å²) in [5.74, 6) is 0.911. The van der Waals surface area contributed by atoms with Crippen molar-refractivity contribution in [3.63, 3.8) is 0 Å². The lowest BCUT2D eigenvalue weighted by Gasteiger charge is -2.36. The maximum Gasteiger partial charge on any atom is 0.255 e. The number of halogens is 1. The van der Waals surface area contributed by atoms with Crippen LogP contribution in [0.3, 0.4) is 0 Å². The monoisotopic (exact) mass is 475 g/mol. The van der Waals surface area contributed by atoms with E-state index in [9.17, 15) is 4.79 Å². The van der Waals surface area contributed by atoms with Gasteiger partial charge in [-0.2, -0.15) is 0 Å². The smallest absolute Gasteiger partial charge is 0.255 e. The van der Waals surface area contributed by atoms with Crippen molar-refractivity contribution >= 4 is 44.9 Å². The molecule has 0 bridgehead atoms. The van der Waals surface area contributed by atoms with Crippen LogP contribution in [-0.2, 0) is 4.79 Å². The van der Waals surface area contributed by atoms with Crippen molar-refractivity contribution in [2.45, 2.75) is 13.0 Å². The first kappa shape index (κ1) is 21.1. The average Bonchev–Trinajstić information content (AvgIpc) is 2.72. The molecule has 1 aliphatic heterocycles. The Kier molecular flexibility index (Phi) is 6.44. The molecular weight excluding hydrogens is 454 g/mol. The van der Waals surface area contributed by atoms with Gasteiger partial charge in [0.15, 0.2) is 5.11 Å². The van der Waals surface area contributed by atoms with Crippen LogP contribution >= 0.6 is 28.1 Å². The number of benzene rings is 2. The first-order valence-electron chi connectivity index (χ1n) is 8.90. The fraction of sp³-hybridized carbons (Fsp3) is 0.238. The Balaban J connectivity index is 2.04. The molecular formula is C21H22BrN3O3S. The zero-order valence-electron chi connectivity index (χ0n) is 16.6. The first-order chi connectivity index (χ1) is 13.9. The highest BCUT2D eigenvalue weighted by Gasteiger charge is 2.33. The van der Waals surface area contributed by atoms with Crippen LogP contribution in [0.4, 0.5) is 5.69 Å². The summed E-state index contributed by atoms with van der Waals surface area (Å²) >= 11 is 9.05. The molecule has 1 atom stereocenters. The van der Waals surface area contributed by atoms with Crippen LogP contribution in [0.1, 0.15) is 18.5 Å². The van der Waals surface area contributed by atoms with Gasteiger partial charge in [-0.15, -0.1) is 0 Å². The maximum absolute atomic E-state index is 13.4. The van der Waals surface area contributed by atoms with Gasteiger partial charge in [0, 0.05) is 23.3 Å². The minimum absolute atomic E-state index is 0.253. The number of ether oxygens (including phenoxy) is 2. The molecule has 0 spiro atoms. The fourth-order valence-electron chi connectivity index (χ4n) is 3.17. The number of allylic oxidation sites excluding steroid dienone is 1. The summed E-state index contributed by atoms with van der Waals surface area (Å²) in [5.41, 5.74) is 2.79. The maximum atomic E-state index is 13.4. The van der Waals surface area contributed by atoms with Gasteiger partial charge < -0.3 is 25.0 Å². The molecule has 0 fully saturated rings. The van der Waals surface area contributed by atoms with Gasteiger partial charge in [-0.05, 0) is 42.9 Å². The van der Waals surface area contributed by atoms with E-state index in [-0.39, 0.29) is 5.91 Å². The third kappa shape index (κ3) is 4.23. The topological polar surface area (TPSA) is 62.8 Å². The van der Waals surface area contributed by atoms with E-state index in [1.54, 1.807) is 37.3 Å². The van der Waals surface area contributed by atoms with Gasteiger partial charge >= 0.3 is 0 Å². The van der Waals surface area contributed by atoms with Crippen LogP contribution in [0, 0.1) is 0 Å². The number of hydrogen-bond acceptors (Lipinski definition) is 4. The number of nitrogens with one attached hydrogen (secondary N) is 2. The summed E-state index contributed by atoms with van der Waals surface area (Å²) in [4.78, 5) is 15.2. The van der Waals surface area contributed by atoms with Gasteiger partial charge in [-0.25, -0.2) is 0 Å². The highest BCUT2D eigenvalue weighted by molar-refractivity contribution is 9.10. The SMILES string of the molecule is COc1ccc(OC)c(NC(=O)C2=C(C)N(C)C(=S)NC2c2ccccc2Br)c1. The van der Waals surface area contributed by atoms with Gasteiger partial charge in [0.2, 0.25) is 0 Å². The second-order valence-corrected chi connectivity index (χ2v) is 7.72. The van der Waals surface area contributed by atoms with Crippen LogP contribution in [0.5, 0.6) is 11.5 Å². The molecule has 8 heteroatoms. The third-order valence-electron chi connectivity index (χ3n) is 4.87. The quantitative estimate of drug-likeness (QED) is 0.630. The summed E-state index contributed by atoms with van der Waals surface area (Å²) < 4.78 is 11.6. The van der Waals surface area contributed by atoms with Crippen LogP contribution < -0.4 is 20.1 Å². The van der Waals surface area contributed by atoms with Crippen molar-refractivity contribution in [3.05, 3.63) is 63.8 Å². The molecule has 0 radical (unpaired) electrons. The molecule has 0 saturated heterocycles. The Morgan fingerprint density at radius 1 is 1.21 bits per heavy atom. The summed E-state index contributed by atoms with van der Waals surface area (Å²) in [6.45, 7) is 1.88. The van der Waals surface area contributed by atoms with E-state index in [1.807, 2.05) is 38.2 Å². The standard InChI is InChI=1S/C21H22BrN3O3S/c1-12-18(20(26)23-16-11-13(27-3)9-10-17(16)28-4)19(24-21(29)25(12)2)14-7-5-6-8-15(14)22/h5-11,19H,1-4H3,(H,23,26)(H,24,29). The van der Waals surface area contributed by atoms with Crippen molar-refractivity contribution in [3.8, 4) is 11.5 Å². The lowest BCUT2D eigenvalue weighted by Crippen LogP contribution is -2.46. The molecule has 0 saturated carbocycles. The number of nitrogens with zero attached hydrogens (tertiary/aromatic N) is 1. The second kappa shape index (κ2) is 8.84. The Bertz CT molecular complexity index is 993. The van der Waals surface area contributed by atoms with Crippen LogP contribution in [-0.4, -0.2) is 37.2 Å². The molecule has 152 valence electrons. The zero-order chi connectivity index (χ0) is 21.1. The van der Waals surface area contributed by atoms with E-state index in [0.29, 0.717) is 27.9 Å². The normalized spacial score (nSPS) is 16.4. The molecule has 29 heavy (non-hydrogen) atoms. The van der Waals surface area contributed by atoms with Crippen LogP contribution in [0.25, 0.3) is 0 Å². The molecule has 6 nitrogen and oxygen atoms in total. The number of anilines is 1. The van der Waals surface area contributed by atoms with Gasteiger partial charge in [0.1, 0.15) is 11.5 Å². The minimum atomic E-state index is -0.397. The van der Waals surface area contributed by atoms with Gasteiger partial charge in [0.05, 0.1) is 31.5 Å². The minimum Gasteiger partial charge on any atom is -0.497 e. The van der Waals surface area contributed by atoms with E-state index < -0.39 is 6.04 Å². The van der Waals surface area contributed by atoms with Crippen molar-refractivity contribution < 1.29 is 14.3 Å². The van der Waals surface area contributed by atoms with E-state index in [4.69, 9.17) is 21.7 Å². The summed E-state index contributed by atoms with van der Waals surface area (Å²) in [6, 6.07) is 12.6. The molecule has 1 aliphatic rings. The van der Waals surface area contributed by atoms with E-state index in [0.717, 1.165) is 15.7 Å². The predicted molar refractivity (Wildman–Crippen MR) is 121 cm³/mol. The molecule has 0 aliphatic carbocycles.